The molecular weight excluding hydrogens is 1070 g/mol. The fourth-order valence-corrected chi connectivity index (χ4v) is 13.4. The van der Waals surface area contributed by atoms with Crippen LogP contribution >= 0.6 is 11.6 Å². The second-order valence-corrected chi connectivity index (χ2v) is 24.8. The van der Waals surface area contributed by atoms with Crippen LogP contribution in [0.25, 0.3) is 6.08 Å². The molecule has 3 heterocycles. The van der Waals surface area contributed by atoms with Gasteiger partial charge in [-0.15, -0.1) is 0 Å². The zero-order chi connectivity index (χ0) is 55.3. The van der Waals surface area contributed by atoms with E-state index < -0.39 is 44.2 Å². The molecule has 0 aromatic heterocycles. The van der Waals surface area contributed by atoms with E-state index in [4.69, 9.17) is 11.6 Å². The molecule has 3 aliphatic heterocycles. The lowest BCUT2D eigenvalue weighted by Gasteiger charge is -2.37. The van der Waals surface area contributed by atoms with E-state index in [0.717, 1.165) is 23.5 Å². The first-order valence-electron chi connectivity index (χ1n) is 24.2. The highest BCUT2D eigenvalue weighted by molar-refractivity contribution is 7.98. The van der Waals surface area contributed by atoms with Gasteiger partial charge in [0, 0.05) is 148 Å². The van der Waals surface area contributed by atoms with E-state index in [1.165, 1.54) is 89.2 Å². The van der Waals surface area contributed by atoms with Gasteiger partial charge in [-0.1, -0.05) is 60.2 Å². The average Bonchev–Trinajstić information content (AvgIpc) is 3.44. The lowest BCUT2D eigenvalue weighted by atomic mass is 10.2. The number of hydrogen-bond donors (Lipinski definition) is 0. The summed E-state index contributed by atoms with van der Waals surface area (Å²) in [7, 11) is -8.98. The summed E-state index contributed by atoms with van der Waals surface area (Å²) >= 11 is 6.04. The highest BCUT2D eigenvalue weighted by atomic mass is 35.5. The number of piperazine rings is 3. The summed E-state index contributed by atoms with van der Waals surface area (Å²) in [5.74, 6) is 7.48. The van der Waals surface area contributed by atoms with Crippen molar-refractivity contribution in [2.24, 2.45) is 0 Å². The van der Waals surface area contributed by atoms with Crippen molar-refractivity contribution in [3.8, 4) is 0 Å². The van der Waals surface area contributed by atoms with Crippen molar-refractivity contribution < 1.29 is 36.0 Å². The third-order valence-electron chi connectivity index (χ3n) is 13.0. The lowest BCUT2D eigenvalue weighted by Crippen LogP contribution is -2.48. The van der Waals surface area contributed by atoms with Crippen molar-refractivity contribution >= 4 is 87.3 Å². The van der Waals surface area contributed by atoms with E-state index in [2.05, 4.69) is 38.6 Å². The Labute approximate surface area is 452 Å². The zero-order valence-corrected chi connectivity index (χ0v) is 45.0. The third-order valence-corrected chi connectivity index (χ3v) is 19.6. The van der Waals surface area contributed by atoms with Gasteiger partial charge >= 0.3 is 0 Å². The molecule has 0 N–H and O–H groups in total. The molecule has 0 spiro atoms. The minimum absolute atomic E-state index is 0.0234. The molecular formula is C53H57ClFN9O10S3. The summed E-state index contributed by atoms with van der Waals surface area (Å²) in [5, 5.41) is 32.9. The first-order valence-corrected chi connectivity index (χ1v) is 29.3. The fraction of sp³-hybridized carbons (Fsp3) is 0.245. The van der Waals surface area contributed by atoms with E-state index in [0.29, 0.717) is 93.4 Å². The number of nitro groups is 3. The number of anilines is 2. The van der Waals surface area contributed by atoms with Crippen molar-refractivity contribution in [2.75, 3.05) is 94.9 Å². The van der Waals surface area contributed by atoms with Crippen molar-refractivity contribution in [3.63, 3.8) is 0 Å². The zero-order valence-electron chi connectivity index (χ0n) is 41.8. The minimum Gasteiger partial charge on any atom is -0.369 e. The molecule has 2 atom stereocenters. The Bertz CT molecular complexity index is 3360. The quantitative estimate of drug-likeness (QED) is 0.0571. The summed E-state index contributed by atoms with van der Waals surface area (Å²) < 4.78 is 69.7. The monoisotopic (exact) mass is 1130 g/mol. The first kappa shape index (κ1) is 57.6. The molecule has 0 radical (unpaired) electrons. The van der Waals surface area contributed by atoms with Crippen LogP contribution in [0.2, 0.25) is 5.02 Å². The Kier molecular flexibility index (Phi) is 19.3. The fourth-order valence-electron chi connectivity index (χ4n) is 8.61. The predicted molar refractivity (Wildman–Crippen MR) is 302 cm³/mol. The molecule has 9 rings (SSSR count). The largest absolute Gasteiger partial charge is 0.369 e. The van der Waals surface area contributed by atoms with Gasteiger partial charge in [-0.05, 0) is 96.2 Å². The van der Waals surface area contributed by atoms with Gasteiger partial charge in [-0.2, -0.15) is 4.31 Å². The molecule has 24 heteroatoms. The maximum Gasteiger partial charge on any atom is 0.269 e. The summed E-state index contributed by atoms with van der Waals surface area (Å²) in [6, 6.07) is 40.4. The van der Waals surface area contributed by atoms with Gasteiger partial charge < -0.3 is 9.80 Å². The van der Waals surface area contributed by atoms with Crippen molar-refractivity contribution in [1.82, 2.24) is 17.8 Å². The van der Waals surface area contributed by atoms with Crippen LogP contribution in [0.4, 0.5) is 32.8 Å². The smallest absolute Gasteiger partial charge is 0.269 e. The third kappa shape index (κ3) is 15.1. The number of hydrogen-bond acceptors (Lipinski definition) is 13. The first-order chi connectivity index (χ1) is 36.7. The van der Waals surface area contributed by atoms with E-state index in [1.807, 2.05) is 58.9 Å². The van der Waals surface area contributed by atoms with E-state index in [1.54, 1.807) is 16.4 Å². The molecule has 3 aliphatic rings. The molecule has 2 unspecified atom stereocenters. The van der Waals surface area contributed by atoms with Gasteiger partial charge in [0.05, 0.1) is 39.1 Å². The topological polar surface area (TPSA) is 217 Å². The molecule has 0 aliphatic carbocycles. The SMILES string of the molecule is C=S(=O)(c1ccc([N+](=O)[O-])cc1)N1CCN(c2ccc(F)cc2)CC1.C=S(=O)(c1ccc([N+](=O)[O-])cc1)N1CCN(c2cccc(Cl)c2)CC1.O=[N+]([O-])c1ccc(S(=O)(=O)N2CCN(C/C=C/c3ccccc3)CC2)cc1. The van der Waals surface area contributed by atoms with Crippen molar-refractivity contribution in [2.45, 2.75) is 14.7 Å². The molecule has 0 bridgehead atoms. The van der Waals surface area contributed by atoms with E-state index >= 15 is 0 Å². The number of nitrogens with zero attached hydrogens (tertiary/aromatic N) is 9. The average molecular weight is 1130 g/mol. The maximum atomic E-state index is 13.1. The number of non-ortho nitro benzene ring substituents is 3. The molecule has 0 amide bonds. The molecule has 77 heavy (non-hydrogen) atoms. The second kappa shape index (κ2) is 25.8. The van der Waals surface area contributed by atoms with Crippen LogP contribution < -0.4 is 9.80 Å². The minimum atomic E-state index is -3.63. The van der Waals surface area contributed by atoms with Crippen LogP contribution in [-0.2, 0) is 29.4 Å². The Morgan fingerprint density at radius 1 is 0.494 bits per heavy atom. The van der Waals surface area contributed by atoms with Gasteiger partial charge in [0.1, 0.15) is 5.82 Å². The van der Waals surface area contributed by atoms with Gasteiger partial charge in [0.25, 0.3) is 17.1 Å². The molecule has 406 valence electrons. The van der Waals surface area contributed by atoms with Crippen molar-refractivity contribution in [1.29, 1.82) is 0 Å². The molecule has 6 aromatic rings. The summed E-state index contributed by atoms with van der Waals surface area (Å²) in [4.78, 5) is 38.2. The Morgan fingerprint density at radius 3 is 1.34 bits per heavy atom. The molecule has 0 saturated carbocycles. The molecule has 19 nitrogen and oxygen atoms in total. The standard InChI is InChI=1S/C19H21N3O4S.C17H18ClN3O3S.C17H18FN3O3S/c23-22(24)18-8-10-19(11-9-18)27(25,26)21-15-13-20(14-16-21)12-4-7-17-5-2-1-3-6-17;1-25(24,17-7-5-15(6-8-17)21(22)23)20-11-9-19(10-12-20)16-4-2-3-14(18)13-16;1-25(24,17-8-6-16(7-9-17)21(22)23)20-12-10-19(11-13-20)15-4-2-14(18)3-5-15/h1-11H,12-16H2;2-8,13H,1,9-12H2;2-9H,1,10-13H2/b7-4+;;. The van der Waals surface area contributed by atoms with Gasteiger partial charge in [-0.3, -0.25) is 35.2 Å². The predicted octanol–water partition coefficient (Wildman–Crippen LogP) is 8.22. The number of sulfonamides is 1. The summed E-state index contributed by atoms with van der Waals surface area (Å²) in [6.45, 7) is 7.81. The molecule has 6 aromatic carbocycles. The maximum absolute atomic E-state index is 13.1. The number of rotatable bonds is 14. The normalized spacial score (nSPS) is 17.4. The second-order valence-electron chi connectivity index (χ2n) is 17.8. The van der Waals surface area contributed by atoms with Crippen LogP contribution in [0.5, 0.6) is 0 Å². The van der Waals surface area contributed by atoms with Gasteiger partial charge in [-0.25, -0.2) is 29.8 Å². The van der Waals surface area contributed by atoms with E-state index in [-0.39, 0.29) is 27.8 Å². The van der Waals surface area contributed by atoms with Gasteiger partial charge in [0.15, 0.2) is 0 Å². The molecule has 3 saturated heterocycles. The summed E-state index contributed by atoms with van der Waals surface area (Å²) in [5.41, 5.74) is 2.91. The van der Waals surface area contributed by atoms with Crippen LogP contribution in [0.15, 0.2) is 172 Å². The lowest BCUT2D eigenvalue weighted by molar-refractivity contribution is -0.385. The molecule has 3 fully saturated rings. The van der Waals surface area contributed by atoms with E-state index in [9.17, 15) is 51.6 Å². The summed E-state index contributed by atoms with van der Waals surface area (Å²) in [6.07, 6.45) is 4.13. The van der Waals surface area contributed by atoms with Crippen LogP contribution in [0.1, 0.15) is 5.56 Å². The van der Waals surface area contributed by atoms with Crippen LogP contribution in [0, 0.1) is 36.2 Å². The van der Waals surface area contributed by atoms with Gasteiger partial charge in [0.2, 0.25) is 10.0 Å². The Balaban J connectivity index is 0.000000168. The highest BCUT2D eigenvalue weighted by Crippen LogP contribution is 2.27. The van der Waals surface area contributed by atoms with Crippen LogP contribution in [-0.4, -0.2) is 146 Å². The number of nitro benzene ring substituents is 3. The number of halogens is 2. The Hall–Kier alpha value is -7.09. The van der Waals surface area contributed by atoms with Crippen molar-refractivity contribution in [3.05, 3.63) is 204 Å². The van der Waals surface area contributed by atoms with Crippen LogP contribution in [0.3, 0.4) is 0 Å². The number of benzene rings is 6. The Morgan fingerprint density at radius 2 is 0.909 bits per heavy atom. The highest BCUT2D eigenvalue weighted by Gasteiger charge is 2.30.